The summed E-state index contributed by atoms with van der Waals surface area (Å²) in [4.78, 5) is 14.9. The molecule has 0 aromatic heterocycles. The number of ether oxygens (including phenoxy) is 1. The van der Waals surface area contributed by atoms with Gasteiger partial charge in [0, 0.05) is 12.6 Å². The van der Waals surface area contributed by atoms with Crippen molar-refractivity contribution < 1.29 is 9.53 Å². The first-order valence-corrected chi connectivity index (χ1v) is 8.00. The van der Waals surface area contributed by atoms with Gasteiger partial charge in [0.1, 0.15) is 5.54 Å². The van der Waals surface area contributed by atoms with Crippen molar-refractivity contribution in [2.75, 3.05) is 26.7 Å². The third-order valence-corrected chi connectivity index (χ3v) is 5.04. The van der Waals surface area contributed by atoms with Gasteiger partial charge in [-0.1, -0.05) is 20.8 Å². The molecule has 1 saturated heterocycles. The van der Waals surface area contributed by atoms with Crippen LogP contribution in [0.2, 0.25) is 0 Å². The molecule has 1 N–H and O–H groups in total. The summed E-state index contributed by atoms with van der Waals surface area (Å²) in [6.45, 7) is 9.88. The second-order valence-electron chi connectivity index (χ2n) is 7.24. The van der Waals surface area contributed by atoms with Gasteiger partial charge in [-0.05, 0) is 50.6 Å². The minimum absolute atomic E-state index is 0.0810. The van der Waals surface area contributed by atoms with Gasteiger partial charge in [0.15, 0.2) is 0 Å². The van der Waals surface area contributed by atoms with E-state index in [2.05, 4.69) is 31.0 Å². The van der Waals surface area contributed by atoms with Gasteiger partial charge in [-0.2, -0.15) is 0 Å². The molecule has 1 heterocycles. The summed E-state index contributed by atoms with van der Waals surface area (Å²) in [5.41, 5.74) is -0.0390. The fourth-order valence-electron chi connectivity index (χ4n) is 3.98. The van der Waals surface area contributed by atoms with Crippen molar-refractivity contribution in [3.63, 3.8) is 0 Å². The third kappa shape index (κ3) is 3.17. The molecule has 0 amide bonds. The first-order valence-electron chi connectivity index (χ1n) is 8.00. The van der Waals surface area contributed by atoms with Gasteiger partial charge in [-0.3, -0.25) is 9.69 Å². The van der Waals surface area contributed by atoms with Crippen molar-refractivity contribution >= 4 is 5.97 Å². The maximum atomic E-state index is 12.3. The Morgan fingerprint density at radius 1 is 1.40 bits per heavy atom. The average Bonchev–Trinajstić information content (AvgIpc) is 2.79. The summed E-state index contributed by atoms with van der Waals surface area (Å²) >= 11 is 0. The molecule has 0 radical (unpaired) electrons. The molecule has 1 aliphatic carbocycles. The normalized spacial score (nSPS) is 34.1. The quantitative estimate of drug-likeness (QED) is 0.803. The molecule has 0 bridgehead atoms. The zero-order valence-corrected chi connectivity index (χ0v) is 13.5. The Balaban J connectivity index is 2.08. The Morgan fingerprint density at radius 3 is 2.70 bits per heavy atom. The van der Waals surface area contributed by atoms with Gasteiger partial charge in [0.25, 0.3) is 0 Å². The molecule has 2 fully saturated rings. The molecule has 4 nitrogen and oxygen atoms in total. The number of hydrogen-bond acceptors (Lipinski definition) is 4. The SMILES string of the molecule is CCNC1(C(=O)OC)CCCC(N2CCC(C)(C)C2)C1. The van der Waals surface area contributed by atoms with Crippen molar-refractivity contribution in [3.8, 4) is 0 Å². The Kier molecular flexibility index (Phi) is 4.75. The predicted molar refractivity (Wildman–Crippen MR) is 80.7 cm³/mol. The molecule has 0 spiro atoms. The minimum atomic E-state index is -0.459. The van der Waals surface area contributed by atoms with E-state index in [1.807, 2.05) is 0 Å². The molecule has 1 aliphatic heterocycles. The Labute approximate surface area is 123 Å². The summed E-state index contributed by atoms with van der Waals surface area (Å²) in [6.07, 6.45) is 5.37. The maximum absolute atomic E-state index is 12.3. The van der Waals surface area contributed by atoms with Crippen molar-refractivity contribution in [2.24, 2.45) is 5.41 Å². The molecule has 2 unspecified atom stereocenters. The van der Waals surface area contributed by atoms with Crippen molar-refractivity contribution in [3.05, 3.63) is 0 Å². The van der Waals surface area contributed by atoms with Gasteiger partial charge >= 0.3 is 5.97 Å². The number of methoxy groups -OCH3 is 1. The molecule has 20 heavy (non-hydrogen) atoms. The molecule has 0 aromatic carbocycles. The lowest BCUT2D eigenvalue weighted by atomic mass is 9.78. The second kappa shape index (κ2) is 6.02. The molecular formula is C16H30N2O2. The highest BCUT2D eigenvalue weighted by molar-refractivity contribution is 5.81. The van der Waals surface area contributed by atoms with E-state index in [0.717, 1.165) is 32.4 Å². The highest BCUT2D eigenvalue weighted by Crippen LogP contribution is 2.37. The predicted octanol–water partition coefficient (Wildman–Crippen LogP) is 2.18. The van der Waals surface area contributed by atoms with Crippen molar-refractivity contribution in [2.45, 2.75) is 64.5 Å². The fourth-order valence-corrected chi connectivity index (χ4v) is 3.98. The van der Waals surface area contributed by atoms with Gasteiger partial charge in [0.05, 0.1) is 7.11 Å². The number of rotatable bonds is 4. The number of likely N-dealkylation sites (N-methyl/N-ethyl adjacent to an activating group) is 1. The van der Waals surface area contributed by atoms with E-state index in [0.29, 0.717) is 11.5 Å². The van der Waals surface area contributed by atoms with E-state index in [1.165, 1.54) is 26.5 Å². The van der Waals surface area contributed by atoms with Crippen LogP contribution in [-0.4, -0.2) is 49.2 Å². The van der Waals surface area contributed by atoms with Crippen LogP contribution >= 0.6 is 0 Å². The highest BCUT2D eigenvalue weighted by atomic mass is 16.5. The van der Waals surface area contributed by atoms with Crippen LogP contribution in [0.25, 0.3) is 0 Å². The Bertz CT molecular complexity index is 352. The standard InChI is InChI=1S/C16H30N2O2/c1-5-17-16(14(19)20-4)8-6-7-13(11-16)18-10-9-15(2,3)12-18/h13,17H,5-12H2,1-4H3. The molecule has 0 aromatic rings. The van der Waals surface area contributed by atoms with Crippen LogP contribution in [0.3, 0.4) is 0 Å². The smallest absolute Gasteiger partial charge is 0.326 e. The van der Waals surface area contributed by atoms with Crippen LogP contribution < -0.4 is 5.32 Å². The van der Waals surface area contributed by atoms with E-state index in [4.69, 9.17) is 4.74 Å². The van der Waals surface area contributed by atoms with Crippen molar-refractivity contribution in [1.82, 2.24) is 10.2 Å². The number of esters is 1. The number of nitrogens with one attached hydrogen (secondary N) is 1. The molecular weight excluding hydrogens is 252 g/mol. The van der Waals surface area contributed by atoms with Gasteiger partial charge < -0.3 is 10.1 Å². The molecule has 4 heteroatoms. The Morgan fingerprint density at radius 2 is 2.15 bits per heavy atom. The number of hydrogen-bond donors (Lipinski definition) is 1. The van der Waals surface area contributed by atoms with Crippen LogP contribution in [-0.2, 0) is 9.53 Å². The zero-order valence-electron chi connectivity index (χ0n) is 13.5. The van der Waals surface area contributed by atoms with Gasteiger partial charge in [-0.25, -0.2) is 0 Å². The lowest BCUT2D eigenvalue weighted by Crippen LogP contribution is -2.58. The Hall–Kier alpha value is -0.610. The minimum Gasteiger partial charge on any atom is -0.468 e. The molecule has 1 saturated carbocycles. The summed E-state index contributed by atoms with van der Waals surface area (Å²) in [6, 6.07) is 0.517. The van der Waals surface area contributed by atoms with Crippen molar-refractivity contribution in [1.29, 1.82) is 0 Å². The summed E-state index contributed by atoms with van der Waals surface area (Å²) < 4.78 is 5.08. The lowest BCUT2D eigenvalue weighted by molar-refractivity contribution is -0.151. The van der Waals surface area contributed by atoms with Crippen LogP contribution in [0.4, 0.5) is 0 Å². The van der Waals surface area contributed by atoms with Gasteiger partial charge in [0.2, 0.25) is 0 Å². The van der Waals surface area contributed by atoms with E-state index < -0.39 is 5.54 Å². The summed E-state index contributed by atoms with van der Waals surface area (Å²) in [7, 11) is 1.50. The topological polar surface area (TPSA) is 41.6 Å². The van der Waals surface area contributed by atoms with Crippen LogP contribution in [0.15, 0.2) is 0 Å². The summed E-state index contributed by atoms with van der Waals surface area (Å²) in [5, 5.41) is 3.42. The monoisotopic (exact) mass is 282 g/mol. The van der Waals surface area contributed by atoms with Crippen LogP contribution in [0, 0.1) is 5.41 Å². The van der Waals surface area contributed by atoms with Crippen LogP contribution in [0.5, 0.6) is 0 Å². The van der Waals surface area contributed by atoms with Gasteiger partial charge in [-0.15, -0.1) is 0 Å². The van der Waals surface area contributed by atoms with E-state index in [9.17, 15) is 4.79 Å². The highest BCUT2D eigenvalue weighted by Gasteiger charge is 2.46. The molecule has 116 valence electrons. The largest absolute Gasteiger partial charge is 0.468 e. The average molecular weight is 282 g/mol. The number of carbonyl (C=O) groups is 1. The maximum Gasteiger partial charge on any atom is 0.326 e. The molecule has 2 rings (SSSR count). The first kappa shape index (κ1) is 15.8. The lowest BCUT2D eigenvalue weighted by Gasteiger charge is -2.42. The number of nitrogens with zero attached hydrogens (tertiary/aromatic N) is 1. The molecule has 2 atom stereocenters. The number of carbonyl (C=O) groups excluding carboxylic acids is 1. The van der Waals surface area contributed by atoms with E-state index in [-0.39, 0.29) is 5.97 Å². The van der Waals surface area contributed by atoms with Crippen LogP contribution in [0.1, 0.15) is 52.9 Å². The second-order valence-corrected chi connectivity index (χ2v) is 7.24. The third-order valence-electron chi connectivity index (χ3n) is 5.04. The fraction of sp³-hybridized carbons (Fsp3) is 0.938. The first-order chi connectivity index (χ1) is 9.42. The zero-order chi connectivity index (χ0) is 14.8. The summed E-state index contributed by atoms with van der Waals surface area (Å²) in [5.74, 6) is -0.0810. The van der Waals surface area contributed by atoms with E-state index >= 15 is 0 Å². The number of likely N-dealkylation sites (tertiary alicyclic amines) is 1. The van der Waals surface area contributed by atoms with E-state index in [1.54, 1.807) is 0 Å². The molecule has 2 aliphatic rings.